The Bertz CT molecular complexity index is 750. The Morgan fingerprint density at radius 3 is 2.79 bits per heavy atom. The van der Waals surface area contributed by atoms with Gasteiger partial charge in [-0.25, -0.2) is 0 Å². The van der Waals surface area contributed by atoms with Crippen molar-refractivity contribution in [1.29, 1.82) is 0 Å². The molecule has 0 fully saturated rings. The van der Waals surface area contributed by atoms with Crippen molar-refractivity contribution in [3.8, 4) is 5.69 Å². The van der Waals surface area contributed by atoms with Crippen molar-refractivity contribution in [3.63, 3.8) is 0 Å². The van der Waals surface area contributed by atoms with Crippen molar-refractivity contribution < 1.29 is 0 Å². The van der Waals surface area contributed by atoms with E-state index in [-0.39, 0.29) is 0 Å². The highest BCUT2D eigenvalue weighted by molar-refractivity contribution is 7.10. The fraction of sp³-hybridized carbons (Fsp3) is 0.0625. The van der Waals surface area contributed by atoms with E-state index >= 15 is 0 Å². The van der Waals surface area contributed by atoms with Crippen LogP contribution in [0.4, 0.5) is 0 Å². The van der Waals surface area contributed by atoms with Gasteiger partial charge in [-0.3, -0.25) is 4.99 Å². The van der Waals surface area contributed by atoms with Crippen LogP contribution in [0.15, 0.2) is 65.1 Å². The first-order valence-corrected chi connectivity index (χ1v) is 7.16. The van der Waals surface area contributed by atoms with Gasteiger partial charge in [-0.15, -0.1) is 11.3 Å². The lowest BCUT2D eigenvalue weighted by atomic mass is 10.1. The summed E-state index contributed by atoms with van der Waals surface area (Å²) in [5, 5.41) is 2.14. The Kier molecular flexibility index (Phi) is 2.38. The maximum atomic E-state index is 4.83. The van der Waals surface area contributed by atoms with Gasteiger partial charge in [-0.05, 0) is 23.6 Å². The number of benzene rings is 1. The van der Waals surface area contributed by atoms with Crippen molar-refractivity contribution in [1.82, 2.24) is 4.57 Å². The molecule has 0 unspecified atom stereocenters. The summed E-state index contributed by atoms with van der Waals surface area (Å²) in [5.74, 6) is 0. The molecule has 3 aromatic rings. The number of rotatable bonds is 1. The Morgan fingerprint density at radius 1 is 1.00 bits per heavy atom. The third-order valence-electron chi connectivity index (χ3n) is 3.40. The van der Waals surface area contributed by atoms with E-state index in [2.05, 4.69) is 58.6 Å². The molecule has 0 saturated carbocycles. The van der Waals surface area contributed by atoms with Gasteiger partial charge in [0.15, 0.2) is 0 Å². The van der Waals surface area contributed by atoms with E-state index < -0.39 is 0 Å². The van der Waals surface area contributed by atoms with E-state index in [0.717, 1.165) is 12.3 Å². The Balaban J connectivity index is 1.95. The number of nitrogens with zero attached hydrogens (tertiary/aromatic N) is 2. The lowest BCUT2D eigenvalue weighted by molar-refractivity contribution is 1.05. The number of hydrogen-bond acceptors (Lipinski definition) is 2. The van der Waals surface area contributed by atoms with E-state index in [1.807, 2.05) is 6.07 Å². The van der Waals surface area contributed by atoms with Gasteiger partial charge in [0.05, 0.1) is 28.5 Å². The third kappa shape index (κ3) is 1.66. The van der Waals surface area contributed by atoms with Gasteiger partial charge in [0.1, 0.15) is 0 Å². The van der Waals surface area contributed by atoms with Crippen LogP contribution < -0.4 is 0 Å². The van der Waals surface area contributed by atoms with Gasteiger partial charge in [-0.1, -0.05) is 30.3 Å². The molecule has 0 atom stereocenters. The maximum absolute atomic E-state index is 4.83. The van der Waals surface area contributed by atoms with Gasteiger partial charge in [0, 0.05) is 11.8 Å². The highest BCUT2D eigenvalue weighted by atomic mass is 32.1. The fourth-order valence-electron chi connectivity index (χ4n) is 2.52. The molecule has 0 amide bonds. The zero-order valence-corrected chi connectivity index (χ0v) is 11.1. The molecule has 92 valence electrons. The van der Waals surface area contributed by atoms with Crippen molar-refractivity contribution in [2.45, 2.75) is 6.54 Å². The van der Waals surface area contributed by atoms with Crippen LogP contribution in [-0.2, 0) is 6.54 Å². The normalized spacial score (nSPS) is 13.4. The molecule has 0 spiro atoms. The summed E-state index contributed by atoms with van der Waals surface area (Å²) in [5.41, 5.74) is 4.69. The minimum atomic E-state index is 0.763. The van der Waals surface area contributed by atoms with Crippen LogP contribution in [0.3, 0.4) is 0 Å². The zero-order valence-electron chi connectivity index (χ0n) is 10.3. The van der Waals surface area contributed by atoms with Crippen molar-refractivity contribution >= 4 is 17.0 Å². The fourth-order valence-corrected chi connectivity index (χ4v) is 3.31. The molecule has 1 aromatic carbocycles. The molecular weight excluding hydrogens is 252 g/mol. The third-order valence-corrected chi connectivity index (χ3v) is 4.30. The van der Waals surface area contributed by atoms with Crippen LogP contribution in [-0.4, -0.2) is 10.3 Å². The molecule has 2 aromatic heterocycles. The predicted molar refractivity (Wildman–Crippen MR) is 79.4 cm³/mol. The van der Waals surface area contributed by atoms with E-state index in [1.165, 1.54) is 21.8 Å². The molecule has 3 heteroatoms. The number of thiophene rings is 1. The summed E-state index contributed by atoms with van der Waals surface area (Å²) in [7, 11) is 0. The first-order chi connectivity index (χ1) is 9.43. The second-order valence-electron chi connectivity index (χ2n) is 4.52. The standard InChI is InChI=1S/C16H12N2S/c1-2-5-12(6-3-1)16-14-7-4-9-18(14)13-8-10-19-15(13)11-17-16/h1-10H,11H2. The first kappa shape index (κ1) is 10.8. The highest BCUT2D eigenvalue weighted by Crippen LogP contribution is 2.28. The summed E-state index contributed by atoms with van der Waals surface area (Å²) in [6, 6.07) is 16.8. The van der Waals surface area contributed by atoms with Crippen LogP contribution in [0.25, 0.3) is 5.69 Å². The molecule has 1 aliphatic rings. The quantitative estimate of drug-likeness (QED) is 0.634. The van der Waals surface area contributed by atoms with Crippen molar-refractivity contribution in [2.24, 2.45) is 4.99 Å². The summed E-state index contributed by atoms with van der Waals surface area (Å²) in [6.45, 7) is 0.763. The molecule has 19 heavy (non-hydrogen) atoms. The van der Waals surface area contributed by atoms with Crippen molar-refractivity contribution in [2.75, 3.05) is 0 Å². The molecule has 0 bridgehead atoms. The second-order valence-corrected chi connectivity index (χ2v) is 5.52. The Labute approximate surface area is 115 Å². The van der Waals surface area contributed by atoms with E-state index in [1.54, 1.807) is 11.3 Å². The minimum absolute atomic E-state index is 0.763. The topological polar surface area (TPSA) is 17.3 Å². The molecule has 0 N–H and O–H groups in total. The first-order valence-electron chi connectivity index (χ1n) is 6.28. The number of aliphatic imine (C=N–C) groups is 1. The summed E-state index contributed by atoms with van der Waals surface area (Å²) < 4.78 is 2.24. The van der Waals surface area contributed by atoms with Crippen LogP contribution in [0, 0.1) is 0 Å². The highest BCUT2D eigenvalue weighted by Gasteiger charge is 2.18. The lowest BCUT2D eigenvalue weighted by Gasteiger charge is -2.08. The van der Waals surface area contributed by atoms with E-state index in [0.29, 0.717) is 0 Å². The number of fused-ring (bicyclic) bond motifs is 3. The average Bonchev–Trinajstić information content (AvgIpc) is 3.07. The SMILES string of the molecule is c1ccc(C2=NCc3sccc3-n3cccc32)cc1. The van der Waals surface area contributed by atoms with Gasteiger partial charge >= 0.3 is 0 Å². The van der Waals surface area contributed by atoms with Crippen LogP contribution >= 0.6 is 11.3 Å². The largest absolute Gasteiger partial charge is 0.314 e. The smallest absolute Gasteiger partial charge is 0.0891 e. The molecule has 4 rings (SSSR count). The van der Waals surface area contributed by atoms with Gasteiger partial charge < -0.3 is 4.57 Å². The van der Waals surface area contributed by atoms with Gasteiger partial charge in [0.25, 0.3) is 0 Å². The molecule has 3 heterocycles. The van der Waals surface area contributed by atoms with Crippen LogP contribution in [0.5, 0.6) is 0 Å². The zero-order chi connectivity index (χ0) is 12.7. The molecular formula is C16H12N2S. The number of hydrogen-bond donors (Lipinski definition) is 0. The Morgan fingerprint density at radius 2 is 1.89 bits per heavy atom. The average molecular weight is 264 g/mol. The molecule has 1 aliphatic heterocycles. The molecule has 0 saturated heterocycles. The Hall–Kier alpha value is -2.13. The van der Waals surface area contributed by atoms with Gasteiger partial charge in [-0.2, -0.15) is 0 Å². The molecule has 0 radical (unpaired) electrons. The van der Waals surface area contributed by atoms with E-state index in [9.17, 15) is 0 Å². The summed E-state index contributed by atoms with van der Waals surface area (Å²) >= 11 is 1.78. The number of aromatic nitrogens is 1. The maximum Gasteiger partial charge on any atom is 0.0891 e. The summed E-state index contributed by atoms with van der Waals surface area (Å²) in [4.78, 5) is 6.15. The van der Waals surface area contributed by atoms with Crippen LogP contribution in [0.2, 0.25) is 0 Å². The van der Waals surface area contributed by atoms with Crippen LogP contribution in [0.1, 0.15) is 16.1 Å². The predicted octanol–water partition coefficient (Wildman–Crippen LogP) is 3.89. The lowest BCUT2D eigenvalue weighted by Crippen LogP contribution is -2.07. The molecule has 2 nitrogen and oxygen atoms in total. The van der Waals surface area contributed by atoms with Gasteiger partial charge in [0.2, 0.25) is 0 Å². The van der Waals surface area contributed by atoms with E-state index in [4.69, 9.17) is 4.99 Å². The minimum Gasteiger partial charge on any atom is -0.314 e. The molecule has 0 aliphatic carbocycles. The summed E-state index contributed by atoms with van der Waals surface area (Å²) in [6.07, 6.45) is 2.12. The second kappa shape index (κ2) is 4.21. The van der Waals surface area contributed by atoms with Crippen molar-refractivity contribution in [3.05, 3.63) is 76.2 Å². The monoisotopic (exact) mass is 264 g/mol.